The fraction of sp³-hybridized carbons (Fsp3) is 0.211. The van der Waals surface area contributed by atoms with Crippen LogP contribution < -0.4 is 9.67 Å². The summed E-state index contributed by atoms with van der Waals surface area (Å²) in [7, 11) is 0. The molecule has 0 aromatic heterocycles. The molecule has 1 amide bonds. The van der Waals surface area contributed by atoms with Crippen molar-refractivity contribution in [3.05, 3.63) is 54.1 Å². The number of amides is 1. The van der Waals surface area contributed by atoms with E-state index in [0.29, 0.717) is 6.42 Å². The molecule has 1 atom stereocenters. The van der Waals surface area contributed by atoms with Gasteiger partial charge in [0.05, 0.1) is 0 Å². The monoisotopic (exact) mass is 449 g/mol. The number of Topliss-reactive ketones (excluding diaryl/α,β-unsaturated/α-hetero) is 1. The van der Waals surface area contributed by atoms with Gasteiger partial charge in [-0.05, 0) is 0 Å². The van der Waals surface area contributed by atoms with E-state index in [9.17, 15) is 27.3 Å². The molecule has 0 aliphatic rings. The molecule has 0 radical (unpaired) electrons. The molecule has 1 unspecified atom stereocenters. The fourth-order valence-electron chi connectivity index (χ4n) is 2.46. The Bertz CT molecular complexity index is 927. The van der Waals surface area contributed by atoms with Crippen LogP contribution in [0.1, 0.15) is 25.3 Å². The number of phenols is 1. The zero-order valence-corrected chi connectivity index (χ0v) is 17.0. The topological polar surface area (TPSA) is 130 Å². The van der Waals surface area contributed by atoms with Gasteiger partial charge < -0.3 is 0 Å². The van der Waals surface area contributed by atoms with E-state index in [4.69, 9.17) is 0 Å². The molecule has 9 heteroatoms. The molecule has 148 valence electrons. The number of hydrogen-bond acceptors (Lipinski definition) is 6. The first-order valence-electron chi connectivity index (χ1n) is 8.39. The van der Waals surface area contributed by atoms with Crippen molar-refractivity contribution in [2.45, 2.75) is 26.2 Å². The molecule has 0 heterocycles. The zero-order valence-electron chi connectivity index (χ0n) is 15.1. The van der Waals surface area contributed by atoms with Crippen LogP contribution in [-0.2, 0) is 28.3 Å². The van der Waals surface area contributed by atoms with Crippen molar-refractivity contribution >= 4 is 41.9 Å². The zero-order chi connectivity index (χ0) is 20.7. The molecule has 3 N–H and O–H groups in total. The maximum atomic E-state index is 12.5. The molecule has 0 spiro atoms. The first-order valence-corrected chi connectivity index (χ1v) is 11.7. The summed E-state index contributed by atoms with van der Waals surface area (Å²) >= 11 is -5.40. The summed E-state index contributed by atoms with van der Waals surface area (Å²) < 4.78 is 27.1. The molecular weight excluding hydrogens is 429 g/mol. The van der Waals surface area contributed by atoms with Gasteiger partial charge in [-0.15, -0.1) is 0 Å². The number of aromatic hydroxyl groups is 1. The second-order valence-corrected chi connectivity index (χ2v) is 9.65. The number of carbonyl (C=O) groups is 3. The van der Waals surface area contributed by atoms with Gasteiger partial charge in [0.25, 0.3) is 0 Å². The molecule has 2 rings (SSSR count). The quantitative estimate of drug-likeness (QED) is 0.406. The minimum absolute atomic E-state index is 0.0952. The van der Waals surface area contributed by atoms with E-state index in [1.165, 1.54) is 6.92 Å². The summed E-state index contributed by atoms with van der Waals surface area (Å²) in [6.45, 7) is 1.18. The average molecular weight is 449 g/mol. The number of phenolic OH excluding ortho intramolecular Hbond substituents is 1. The van der Waals surface area contributed by atoms with Crippen molar-refractivity contribution in [3.8, 4) is 5.75 Å². The minimum atomic E-state index is -5.40. The van der Waals surface area contributed by atoms with Crippen molar-refractivity contribution in [2.24, 2.45) is 0 Å². The molecule has 2 aromatic rings. The Kier molecular flexibility index (Phi) is 7.20. The molecule has 0 aliphatic carbocycles. The molecule has 0 saturated carbocycles. The van der Waals surface area contributed by atoms with Crippen LogP contribution in [-0.4, -0.2) is 41.0 Å². The molecular formula is C19H20AsNO7. The van der Waals surface area contributed by atoms with Crippen molar-refractivity contribution < 1.29 is 31.1 Å². The van der Waals surface area contributed by atoms with Gasteiger partial charge in [0.2, 0.25) is 0 Å². The molecule has 0 aliphatic heterocycles. The number of ketones is 1. The van der Waals surface area contributed by atoms with E-state index in [1.54, 1.807) is 0 Å². The average Bonchev–Trinajstić information content (AvgIpc) is 2.59. The Balaban J connectivity index is 2.01. The van der Waals surface area contributed by atoms with Gasteiger partial charge in [-0.25, -0.2) is 0 Å². The van der Waals surface area contributed by atoms with Crippen molar-refractivity contribution in [3.63, 3.8) is 0 Å². The Morgan fingerprint density at radius 1 is 1.11 bits per heavy atom. The third kappa shape index (κ3) is 6.40. The molecule has 0 saturated heterocycles. The number of rotatable bonds is 8. The third-order valence-electron chi connectivity index (χ3n) is 3.70. The van der Waals surface area contributed by atoms with Crippen LogP contribution in [0.5, 0.6) is 5.75 Å². The number of nitrogens with one attached hydrogen (secondary N) is 1. The Morgan fingerprint density at radius 3 is 2.43 bits per heavy atom. The summed E-state index contributed by atoms with van der Waals surface area (Å²) in [5, 5.41) is 11.8. The van der Waals surface area contributed by atoms with Crippen LogP contribution in [0, 0.1) is 0 Å². The Labute approximate surface area is 164 Å². The Morgan fingerprint density at radius 2 is 1.79 bits per heavy atom. The molecule has 0 fully saturated rings. The van der Waals surface area contributed by atoms with Crippen LogP contribution in [0.2, 0.25) is 0 Å². The van der Waals surface area contributed by atoms with Gasteiger partial charge in [-0.3, -0.25) is 0 Å². The molecule has 8 nitrogen and oxygen atoms in total. The van der Waals surface area contributed by atoms with Gasteiger partial charge in [-0.1, -0.05) is 0 Å². The predicted molar refractivity (Wildman–Crippen MR) is 101 cm³/mol. The SMILES string of the molecule is CC(=O)Nc1cc(O)ccc1[As](=O)(O)OC(=O)CC(=O)CCc1ccccc1. The second-order valence-electron chi connectivity index (χ2n) is 6.07. The number of anilines is 1. The van der Waals surface area contributed by atoms with Gasteiger partial charge in [-0.2, -0.15) is 0 Å². The maximum absolute atomic E-state index is 12.5. The summed E-state index contributed by atoms with van der Waals surface area (Å²) in [5.41, 5.74) is 0.797. The van der Waals surface area contributed by atoms with E-state index in [0.717, 1.165) is 23.8 Å². The number of hydrogen-bond donors (Lipinski definition) is 3. The van der Waals surface area contributed by atoms with Crippen LogP contribution in [0.25, 0.3) is 0 Å². The van der Waals surface area contributed by atoms with Crippen molar-refractivity contribution in [1.29, 1.82) is 0 Å². The van der Waals surface area contributed by atoms with Gasteiger partial charge in [0.1, 0.15) is 0 Å². The van der Waals surface area contributed by atoms with Gasteiger partial charge in [0.15, 0.2) is 0 Å². The summed E-state index contributed by atoms with van der Waals surface area (Å²) in [6, 6.07) is 12.5. The summed E-state index contributed by atoms with van der Waals surface area (Å²) in [6.07, 6.45) is -0.0936. The first-order chi connectivity index (χ1) is 13.2. The standard InChI is InChI=1S/C19H20AsNO7/c1-13(22)21-18-11-15(23)9-10-17(18)20(26,27)28-19(25)12-16(24)8-7-14-5-3-2-4-6-14/h2-6,9-11,23H,7-8,12H2,1H3,(H,21,22)(H,26,27). The predicted octanol–water partition coefficient (Wildman–Crippen LogP) is 1.05. The summed E-state index contributed by atoms with van der Waals surface area (Å²) in [5.74, 6) is -2.32. The van der Waals surface area contributed by atoms with E-state index >= 15 is 0 Å². The number of carbonyl (C=O) groups excluding carboxylic acids is 3. The van der Waals surface area contributed by atoms with Crippen molar-refractivity contribution in [2.75, 3.05) is 5.32 Å². The molecule has 2 aromatic carbocycles. The fourth-order valence-corrected chi connectivity index (χ4v) is 4.82. The van der Waals surface area contributed by atoms with E-state index in [2.05, 4.69) is 9.04 Å². The normalized spacial score (nSPS) is 12.6. The Hall–Kier alpha value is -2.83. The van der Waals surface area contributed by atoms with Crippen LogP contribution in [0.3, 0.4) is 0 Å². The summed E-state index contributed by atoms with van der Waals surface area (Å²) in [4.78, 5) is 35.2. The second kappa shape index (κ2) is 9.39. The molecule has 28 heavy (non-hydrogen) atoms. The first kappa shape index (κ1) is 21.5. The van der Waals surface area contributed by atoms with Crippen LogP contribution in [0.4, 0.5) is 5.69 Å². The van der Waals surface area contributed by atoms with Gasteiger partial charge >= 0.3 is 164 Å². The van der Waals surface area contributed by atoms with E-state index in [-0.39, 0.29) is 22.2 Å². The van der Waals surface area contributed by atoms with Crippen LogP contribution in [0.15, 0.2) is 48.5 Å². The molecule has 0 bridgehead atoms. The van der Waals surface area contributed by atoms with Crippen LogP contribution >= 0.6 is 0 Å². The van der Waals surface area contributed by atoms with E-state index < -0.39 is 38.3 Å². The van der Waals surface area contributed by atoms with E-state index in [1.807, 2.05) is 30.3 Å². The number of aryl methyl sites for hydroxylation is 1. The van der Waals surface area contributed by atoms with Crippen molar-refractivity contribution in [1.82, 2.24) is 0 Å². The number of benzene rings is 2. The third-order valence-corrected chi connectivity index (χ3v) is 6.74. The van der Waals surface area contributed by atoms with Gasteiger partial charge in [0, 0.05) is 0 Å².